The van der Waals surface area contributed by atoms with E-state index in [2.05, 4.69) is 33.2 Å². The van der Waals surface area contributed by atoms with Crippen LogP contribution < -0.4 is 10.2 Å². The molecule has 23 heavy (non-hydrogen) atoms. The van der Waals surface area contributed by atoms with E-state index in [1.807, 2.05) is 13.8 Å². The fraction of sp³-hybridized carbons (Fsp3) is 0.588. The Labute approximate surface area is 141 Å². The van der Waals surface area contributed by atoms with E-state index in [0.29, 0.717) is 0 Å². The van der Waals surface area contributed by atoms with Crippen LogP contribution in [0.1, 0.15) is 38.5 Å². The second-order valence-electron chi connectivity index (χ2n) is 6.43. The van der Waals surface area contributed by atoms with Crippen molar-refractivity contribution in [2.45, 2.75) is 46.1 Å². The van der Waals surface area contributed by atoms with Gasteiger partial charge in [-0.25, -0.2) is 9.97 Å². The predicted molar refractivity (Wildman–Crippen MR) is 95.0 cm³/mol. The highest BCUT2D eigenvalue weighted by atomic mass is 32.1. The molecule has 0 spiro atoms. The van der Waals surface area contributed by atoms with E-state index < -0.39 is 0 Å². The maximum atomic E-state index is 12.3. The standard InChI is InChI=1S/C17H24N4OS/c1-4-13-8-14-15(18-10-19-17(14)23-13)21-7-5-6-12(9-21)16(22)20-11(2)3/h8,10-12H,4-7,9H2,1-3H3,(H,20,22). The second kappa shape index (κ2) is 6.83. The monoisotopic (exact) mass is 332 g/mol. The summed E-state index contributed by atoms with van der Waals surface area (Å²) in [6.07, 6.45) is 4.63. The first-order valence-corrected chi connectivity index (χ1v) is 9.19. The molecule has 2 aromatic rings. The highest BCUT2D eigenvalue weighted by Crippen LogP contribution is 2.32. The Hall–Kier alpha value is -1.69. The highest BCUT2D eigenvalue weighted by Gasteiger charge is 2.28. The number of carbonyl (C=O) groups excluding carboxylic acids is 1. The first-order valence-electron chi connectivity index (χ1n) is 8.37. The van der Waals surface area contributed by atoms with E-state index >= 15 is 0 Å². The Morgan fingerprint density at radius 2 is 2.30 bits per heavy atom. The minimum Gasteiger partial charge on any atom is -0.355 e. The van der Waals surface area contributed by atoms with Gasteiger partial charge in [-0.05, 0) is 39.2 Å². The second-order valence-corrected chi connectivity index (χ2v) is 7.55. The van der Waals surface area contributed by atoms with Crippen molar-refractivity contribution in [3.05, 3.63) is 17.3 Å². The normalized spacial score (nSPS) is 18.6. The van der Waals surface area contributed by atoms with Crippen LogP contribution in [0, 0.1) is 5.92 Å². The lowest BCUT2D eigenvalue weighted by molar-refractivity contribution is -0.125. The molecule has 1 unspecified atom stereocenters. The molecule has 6 heteroatoms. The van der Waals surface area contributed by atoms with Gasteiger partial charge in [-0.15, -0.1) is 11.3 Å². The fourth-order valence-electron chi connectivity index (χ4n) is 3.11. The number of hydrogen-bond donors (Lipinski definition) is 1. The lowest BCUT2D eigenvalue weighted by Crippen LogP contribution is -2.45. The number of aryl methyl sites for hydroxylation is 1. The predicted octanol–water partition coefficient (Wildman–Crippen LogP) is 2.99. The van der Waals surface area contributed by atoms with Crippen LogP contribution in [-0.4, -0.2) is 35.0 Å². The molecule has 2 aromatic heterocycles. The van der Waals surface area contributed by atoms with E-state index in [-0.39, 0.29) is 17.9 Å². The molecule has 1 saturated heterocycles. The Morgan fingerprint density at radius 1 is 1.48 bits per heavy atom. The summed E-state index contributed by atoms with van der Waals surface area (Å²) in [4.78, 5) is 25.9. The molecule has 0 saturated carbocycles. The van der Waals surface area contributed by atoms with Gasteiger partial charge in [-0.2, -0.15) is 0 Å². The molecular formula is C17H24N4OS. The first kappa shape index (κ1) is 16.2. The van der Waals surface area contributed by atoms with Crippen LogP contribution >= 0.6 is 11.3 Å². The summed E-state index contributed by atoms with van der Waals surface area (Å²) in [6.45, 7) is 7.86. The molecule has 1 amide bonds. The third-order valence-corrected chi connectivity index (χ3v) is 5.42. The van der Waals surface area contributed by atoms with Gasteiger partial charge >= 0.3 is 0 Å². The van der Waals surface area contributed by atoms with E-state index in [4.69, 9.17) is 0 Å². The molecule has 3 heterocycles. The van der Waals surface area contributed by atoms with Gasteiger partial charge < -0.3 is 10.2 Å². The van der Waals surface area contributed by atoms with Crippen LogP contribution in [0.4, 0.5) is 5.82 Å². The van der Waals surface area contributed by atoms with Gasteiger partial charge in [0.1, 0.15) is 17.0 Å². The third-order valence-electron chi connectivity index (χ3n) is 4.23. The number of rotatable bonds is 4. The molecule has 1 atom stereocenters. The van der Waals surface area contributed by atoms with E-state index in [1.165, 1.54) is 4.88 Å². The van der Waals surface area contributed by atoms with Crippen LogP contribution in [-0.2, 0) is 11.2 Å². The number of nitrogens with one attached hydrogen (secondary N) is 1. The van der Waals surface area contributed by atoms with Gasteiger partial charge in [-0.3, -0.25) is 4.79 Å². The molecule has 0 bridgehead atoms. The number of fused-ring (bicyclic) bond motifs is 1. The van der Waals surface area contributed by atoms with E-state index in [9.17, 15) is 4.79 Å². The average molecular weight is 332 g/mol. The summed E-state index contributed by atoms with van der Waals surface area (Å²) in [7, 11) is 0. The van der Waals surface area contributed by atoms with Crippen LogP contribution in [0.2, 0.25) is 0 Å². The smallest absolute Gasteiger partial charge is 0.225 e. The molecule has 0 aromatic carbocycles. The first-order chi connectivity index (χ1) is 11.1. The maximum Gasteiger partial charge on any atom is 0.225 e. The van der Waals surface area contributed by atoms with Crippen LogP contribution in [0.5, 0.6) is 0 Å². The molecule has 0 aliphatic carbocycles. The number of hydrogen-bond acceptors (Lipinski definition) is 5. The molecule has 1 N–H and O–H groups in total. The topological polar surface area (TPSA) is 58.1 Å². The zero-order chi connectivity index (χ0) is 16.4. The van der Waals surface area contributed by atoms with Gasteiger partial charge in [0.2, 0.25) is 5.91 Å². The van der Waals surface area contributed by atoms with E-state index in [0.717, 1.165) is 48.4 Å². The SMILES string of the molecule is CCc1cc2c(N3CCCC(C(=O)NC(C)C)C3)ncnc2s1. The molecule has 0 radical (unpaired) electrons. The number of carbonyl (C=O) groups is 1. The number of thiophene rings is 1. The van der Waals surface area contributed by atoms with E-state index in [1.54, 1.807) is 17.7 Å². The number of aromatic nitrogens is 2. The summed E-state index contributed by atoms with van der Waals surface area (Å²) < 4.78 is 0. The van der Waals surface area contributed by atoms with Crippen molar-refractivity contribution in [1.29, 1.82) is 0 Å². The van der Waals surface area contributed by atoms with Crippen molar-refractivity contribution in [1.82, 2.24) is 15.3 Å². The molecule has 3 rings (SSSR count). The number of piperidine rings is 1. The quantitative estimate of drug-likeness (QED) is 0.935. The van der Waals surface area contributed by atoms with Crippen molar-refractivity contribution in [3.8, 4) is 0 Å². The Bertz CT molecular complexity index is 697. The minimum atomic E-state index is 0.0421. The summed E-state index contributed by atoms with van der Waals surface area (Å²) in [6, 6.07) is 2.39. The minimum absolute atomic E-state index is 0.0421. The number of amides is 1. The summed E-state index contributed by atoms with van der Waals surface area (Å²) >= 11 is 1.73. The Kier molecular flexibility index (Phi) is 4.80. The van der Waals surface area contributed by atoms with Gasteiger partial charge in [-0.1, -0.05) is 6.92 Å². The maximum absolute atomic E-state index is 12.3. The molecule has 1 aliphatic heterocycles. The zero-order valence-corrected chi connectivity index (χ0v) is 14.8. The highest BCUT2D eigenvalue weighted by molar-refractivity contribution is 7.18. The van der Waals surface area contributed by atoms with Crippen molar-refractivity contribution in [3.63, 3.8) is 0 Å². The lowest BCUT2D eigenvalue weighted by Gasteiger charge is -2.33. The fourth-order valence-corrected chi connectivity index (χ4v) is 4.03. The lowest BCUT2D eigenvalue weighted by atomic mass is 9.96. The Morgan fingerprint density at radius 3 is 3.04 bits per heavy atom. The van der Waals surface area contributed by atoms with Gasteiger partial charge in [0.25, 0.3) is 0 Å². The summed E-state index contributed by atoms with van der Waals surface area (Å²) in [5.41, 5.74) is 0. The molecular weight excluding hydrogens is 308 g/mol. The van der Waals surface area contributed by atoms with Crippen LogP contribution in [0.15, 0.2) is 12.4 Å². The summed E-state index contributed by atoms with van der Waals surface area (Å²) in [5, 5.41) is 4.16. The van der Waals surface area contributed by atoms with Gasteiger partial charge in [0.05, 0.1) is 11.3 Å². The number of nitrogens with zero attached hydrogens (tertiary/aromatic N) is 3. The van der Waals surface area contributed by atoms with Crippen molar-refractivity contribution < 1.29 is 4.79 Å². The van der Waals surface area contributed by atoms with Gasteiger partial charge in [0.15, 0.2) is 0 Å². The van der Waals surface area contributed by atoms with Crippen molar-refractivity contribution in [2.24, 2.45) is 5.92 Å². The molecule has 1 fully saturated rings. The van der Waals surface area contributed by atoms with Gasteiger partial charge in [0, 0.05) is 24.0 Å². The molecule has 1 aliphatic rings. The van der Waals surface area contributed by atoms with Crippen LogP contribution in [0.25, 0.3) is 10.2 Å². The number of anilines is 1. The Balaban J connectivity index is 1.84. The largest absolute Gasteiger partial charge is 0.355 e. The zero-order valence-electron chi connectivity index (χ0n) is 14.0. The molecule has 124 valence electrons. The third kappa shape index (κ3) is 3.47. The molecule has 5 nitrogen and oxygen atoms in total. The van der Waals surface area contributed by atoms with Crippen LogP contribution in [0.3, 0.4) is 0 Å². The average Bonchev–Trinajstić information content (AvgIpc) is 2.97. The van der Waals surface area contributed by atoms with Crippen molar-refractivity contribution in [2.75, 3.05) is 18.0 Å². The van der Waals surface area contributed by atoms with Crippen molar-refractivity contribution >= 4 is 33.3 Å². The summed E-state index contributed by atoms with van der Waals surface area (Å²) in [5.74, 6) is 1.18.